The number of benzene rings is 1. The van der Waals surface area contributed by atoms with Gasteiger partial charge in [0.1, 0.15) is 0 Å². The number of Topliss-reactive ketones (excluding diaryl/α,β-unsaturated/α-hetero) is 1. The molecule has 0 fully saturated rings. The molecule has 0 aromatic heterocycles. The number of carbonyl (C=O) groups excluding carboxylic acids is 1. The van der Waals surface area contributed by atoms with Crippen molar-refractivity contribution in [3.05, 3.63) is 75.2 Å². The molecule has 1 aliphatic carbocycles. The summed E-state index contributed by atoms with van der Waals surface area (Å²) in [6.45, 7) is 5.95. The van der Waals surface area contributed by atoms with E-state index in [-0.39, 0.29) is 5.78 Å². The largest absolute Gasteiger partial charge is 0.289 e. The minimum Gasteiger partial charge on any atom is -0.289 e. The van der Waals surface area contributed by atoms with Crippen LogP contribution in [0.5, 0.6) is 0 Å². The van der Waals surface area contributed by atoms with Gasteiger partial charge in [-0.15, -0.1) is 0 Å². The lowest BCUT2D eigenvalue weighted by Crippen LogP contribution is -2.06. The number of carbonyl (C=O) groups is 1. The summed E-state index contributed by atoms with van der Waals surface area (Å²) in [5, 5.41) is 0. The quantitative estimate of drug-likeness (QED) is 0.634. The SMILES string of the molecule is CC1=CC(=C2SSC(c3ccccc3)=C2C)C=C(C)C1=O. The first kappa shape index (κ1) is 14.5. The topological polar surface area (TPSA) is 17.1 Å². The number of rotatable bonds is 1. The molecule has 0 saturated heterocycles. The average Bonchev–Trinajstić information content (AvgIpc) is 2.87. The van der Waals surface area contributed by atoms with Crippen LogP contribution in [0.1, 0.15) is 26.3 Å². The van der Waals surface area contributed by atoms with Gasteiger partial charge in [0.25, 0.3) is 0 Å². The van der Waals surface area contributed by atoms with Gasteiger partial charge in [-0.2, -0.15) is 0 Å². The van der Waals surface area contributed by atoms with Crippen LogP contribution < -0.4 is 0 Å². The lowest BCUT2D eigenvalue weighted by molar-refractivity contribution is -0.112. The van der Waals surface area contributed by atoms with Crippen molar-refractivity contribution in [2.75, 3.05) is 0 Å². The van der Waals surface area contributed by atoms with E-state index in [1.165, 1.54) is 20.9 Å². The van der Waals surface area contributed by atoms with Crippen molar-refractivity contribution in [2.45, 2.75) is 20.8 Å². The van der Waals surface area contributed by atoms with Crippen LogP contribution in [0.4, 0.5) is 0 Å². The third kappa shape index (κ3) is 2.68. The smallest absolute Gasteiger partial charge is 0.184 e. The molecule has 0 amide bonds. The normalized spacial score (nSPS) is 19.1. The van der Waals surface area contributed by atoms with Gasteiger partial charge in [0.15, 0.2) is 5.78 Å². The van der Waals surface area contributed by atoms with Crippen molar-refractivity contribution in [2.24, 2.45) is 0 Å². The van der Waals surface area contributed by atoms with Gasteiger partial charge < -0.3 is 0 Å². The zero-order valence-corrected chi connectivity index (χ0v) is 13.9. The van der Waals surface area contributed by atoms with Crippen molar-refractivity contribution in [3.63, 3.8) is 0 Å². The van der Waals surface area contributed by atoms with Crippen molar-refractivity contribution < 1.29 is 4.79 Å². The van der Waals surface area contributed by atoms with E-state index < -0.39 is 0 Å². The predicted octanol–water partition coefficient (Wildman–Crippen LogP) is 5.54. The van der Waals surface area contributed by atoms with E-state index in [1.54, 1.807) is 21.6 Å². The van der Waals surface area contributed by atoms with Gasteiger partial charge in [0.2, 0.25) is 0 Å². The highest BCUT2D eigenvalue weighted by atomic mass is 33.1. The molecule has 1 heterocycles. The standard InChI is InChI=1S/C18H16OS2/c1-11-9-15(10-12(2)16(11)19)18-13(3)17(20-21-18)14-7-5-4-6-8-14/h4-10H,1-3H3. The van der Waals surface area contributed by atoms with E-state index in [1.807, 2.05) is 32.1 Å². The van der Waals surface area contributed by atoms with Crippen LogP contribution >= 0.6 is 21.6 Å². The molecule has 0 atom stereocenters. The number of hydrogen-bond acceptors (Lipinski definition) is 3. The number of allylic oxidation sites excluding steroid dienone is 6. The monoisotopic (exact) mass is 312 g/mol. The van der Waals surface area contributed by atoms with E-state index in [9.17, 15) is 4.79 Å². The third-order valence-electron chi connectivity index (χ3n) is 3.65. The predicted molar refractivity (Wildman–Crippen MR) is 93.8 cm³/mol. The number of ketones is 1. The minimum atomic E-state index is 0.153. The summed E-state index contributed by atoms with van der Waals surface area (Å²) in [7, 11) is 3.59. The van der Waals surface area contributed by atoms with Gasteiger partial charge in [0.05, 0.1) is 0 Å². The maximum Gasteiger partial charge on any atom is 0.184 e. The Labute approximate surface area is 133 Å². The molecule has 1 aromatic rings. The van der Waals surface area contributed by atoms with Crippen LogP contribution in [0.25, 0.3) is 4.91 Å². The summed E-state index contributed by atoms with van der Waals surface area (Å²) in [4.78, 5) is 14.5. The van der Waals surface area contributed by atoms with Gasteiger partial charge in [-0.3, -0.25) is 4.79 Å². The Kier molecular flexibility index (Phi) is 3.96. The molecule has 3 heteroatoms. The van der Waals surface area contributed by atoms with Gasteiger partial charge >= 0.3 is 0 Å². The van der Waals surface area contributed by atoms with E-state index in [0.29, 0.717) is 0 Å². The summed E-state index contributed by atoms with van der Waals surface area (Å²) in [5.41, 5.74) is 5.36. The zero-order chi connectivity index (χ0) is 15.0. The highest BCUT2D eigenvalue weighted by molar-refractivity contribution is 8.82. The molecule has 0 unspecified atom stereocenters. The maximum atomic E-state index is 11.9. The zero-order valence-electron chi connectivity index (χ0n) is 12.3. The molecule has 1 aromatic carbocycles. The highest BCUT2D eigenvalue weighted by Gasteiger charge is 2.23. The second kappa shape index (κ2) is 5.74. The molecule has 2 aliphatic rings. The Morgan fingerprint density at radius 2 is 1.38 bits per heavy atom. The summed E-state index contributed by atoms with van der Waals surface area (Å²) in [5.74, 6) is 0.153. The molecule has 0 bridgehead atoms. The second-order valence-corrected chi connectivity index (χ2v) is 7.40. The molecule has 0 radical (unpaired) electrons. The highest BCUT2D eigenvalue weighted by Crippen LogP contribution is 2.55. The first-order valence-corrected chi connectivity index (χ1v) is 8.99. The van der Waals surface area contributed by atoms with E-state index >= 15 is 0 Å². The molecule has 1 aliphatic heterocycles. The lowest BCUT2D eigenvalue weighted by atomic mass is 9.94. The molecule has 0 N–H and O–H groups in total. The second-order valence-electron chi connectivity index (χ2n) is 5.26. The molecule has 21 heavy (non-hydrogen) atoms. The summed E-state index contributed by atoms with van der Waals surface area (Å²) >= 11 is 0. The Hall–Kier alpha value is -1.45. The summed E-state index contributed by atoms with van der Waals surface area (Å²) < 4.78 is 0. The van der Waals surface area contributed by atoms with Crippen LogP contribution in [0, 0.1) is 0 Å². The molecular weight excluding hydrogens is 296 g/mol. The van der Waals surface area contributed by atoms with Gasteiger partial charge in [-0.05, 0) is 60.8 Å². The molecule has 0 saturated carbocycles. The van der Waals surface area contributed by atoms with Crippen molar-refractivity contribution in [3.8, 4) is 0 Å². The lowest BCUT2D eigenvalue weighted by Gasteiger charge is -2.12. The summed E-state index contributed by atoms with van der Waals surface area (Å²) in [6.07, 6.45) is 4.02. The van der Waals surface area contributed by atoms with E-state index in [4.69, 9.17) is 0 Å². The van der Waals surface area contributed by atoms with Crippen molar-refractivity contribution in [1.82, 2.24) is 0 Å². The van der Waals surface area contributed by atoms with Crippen molar-refractivity contribution >= 4 is 32.3 Å². The minimum absolute atomic E-state index is 0.153. The maximum absolute atomic E-state index is 11.9. The molecule has 0 spiro atoms. The van der Waals surface area contributed by atoms with Crippen molar-refractivity contribution in [1.29, 1.82) is 0 Å². The average molecular weight is 312 g/mol. The van der Waals surface area contributed by atoms with Crippen LogP contribution in [0.3, 0.4) is 0 Å². The Morgan fingerprint density at radius 3 is 2.00 bits per heavy atom. The Bertz CT molecular complexity index is 710. The fourth-order valence-electron chi connectivity index (χ4n) is 2.51. The first-order valence-electron chi connectivity index (χ1n) is 6.84. The first-order chi connectivity index (χ1) is 10.1. The van der Waals surface area contributed by atoms with E-state index in [0.717, 1.165) is 16.7 Å². The van der Waals surface area contributed by atoms with E-state index in [2.05, 4.69) is 31.2 Å². The van der Waals surface area contributed by atoms with Gasteiger partial charge in [0, 0.05) is 9.81 Å². The molecular formula is C18H16OS2. The number of hydrogen-bond donors (Lipinski definition) is 0. The Balaban J connectivity index is 2.08. The third-order valence-corrected chi connectivity index (χ3v) is 6.40. The fourth-order valence-corrected chi connectivity index (χ4v) is 5.47. The molecule has 3 rings (SSSR count). The Morgan fingerprint density at radius 1 is 0.810 bits per heavy atom. The molecule has 106 valence electrons. The van der Waals surface area contributed by atoms with Crippen LogP contribution in [-0.2, 0) is 4.79 Å². The van der Waals surface area contributed by atoms with Crippen LogP contribution in [-0.4, -0.2) is 5.78 Å². The summed E-state index contributed by atoms with van der Waals surface area (Å²) in [6, 6.07) is 10.5. The fraction of sp³-hybridized carbons (Fsp3) is 0.167. The van der Waals surface area contributed by atoms with Gasteiger partial charge in [-0.1, -0.05) is 51.9 Å². The van der Waals surface area contributed by atoms with Crippen LogP contribution in [0.15, 0.2) is 69.7 Å². The van der Waals surface area contributed by atoms with Gasteiger partial charge in [-0.25, -0.2) is 0 Å². The molecule has 1 nitrogen and oxygen atoms in total. The van der Waals surface area contributed by atoms with Crippen LogP contribution in [0.2, 0.25) is 0 Å².